The minimum absolute atomic E-state index is 0.0269. The number of hydrogen-bond donors (Lipinski definition) is 1. The summed E-state index contributed by atoms with van der Waals surface area (Å²) in [6.07, 6.45) is 3.08. The molecule has 0 radical (unpaired) electrons. The number of esters is 1. The Morgan fingerprint density at radius 1 is 1.21 bits per heavy atom. The molecule has 0 amide bonds. The zero-order valence-corrected chi connectivity index (χ0v) is 14.0. The maximum atomic E-state index is 12.4. The van der Waals surface area contributed by atoms with Crippen LogP contribution in [0.2, 0.25) is 0 Å². The summed E-state index contributed by atoms with van der Waals surface area (Å²) in [6, 6.07) is 12.6. The molecule has 1 aromatic heterocycles. The minimum Gasteiger partial charge on any atom is -0.464 e. The van der Waals surface area contributed by atoms with Gasteiger partial charge in [-0.15, -0.1) is 0 Å². The molecule has 1 N–H and O–H groups in total. The van der Waals surface area contributed by atoms with Gasteiger partial charge in [-0.3, -0.25) is 0 Å². The molecule has 0 unspecified atom stereocenters. The van der Waals surface area contributed by atoms with E-state index < -0.39 is 16.0 Å². The standard InChI is InChI=1S/C17H18N2O4S/c1-23-16(20)15-8-7-14(11-18-15)24(21,22)19-12-17(9-10-17)13-5-3-2-4-6-13/h2-8,11,19H,9-10,12H2,1H3. The van der Waals surface area contributed by atoms with Crippen molar-refractivity contribution in [2.45, 2.75) is 23.2 Å². The molecule has 0 spiro atoms. The van der Waals surface area contributed by atoms with E-state index in [1.54, 1.807) is 0 Å². The second-order valence-electron chi connectivity index (χ2n) is 5.84. The fourth-order valence-electron chi connectivity index (χ4n) is 2.59. The van der Waals surface area contributed by atoms with E-state index in [2.05, 4.69) is 14.4 Å². The molecule has 1 heterocycles. The van der Waals surface area contributed by atoms with Gasteiger partial charge in [0, 0.05) is 18.2 Å². The van der Waals surface area contributed by atoms with E-state index in [1.165, 1.54) is 19.2 Å². The maximum absolute atomic E-state index is 12.4. The predicted molar refractivity (Wildman–Crippen MR) is 88.1 cm³/mol. The van der Waals surface area contributed by atoms with Gasteiger partial charge in [0.05, 0.1) is 7.11 Å². The Morgan fingerprint density at radius 3 is 2.46 bits per heavy atom. The molecule has 7 heteroatoms. The Balaban J connectivity index is 1.72. The first kappa shape index (κ1) is 16.6. The molecule has 0 bridgehead atoms. The molecular weight excluding hydrogens is 328 g/mol. The summed E-state index contributed by atoms with van der Waals surface area (Å²) in [4.78, 5) is 15.2. The predicted octanol–water partition coefficient (Wildman–Crippen LogP) is 1.88. The highest BCUT2D eigenvalue weighted by molar-refractivity contribution is 7.89. The average Bonchev–Trinajstić information content (AvgIpc) is 3.42. The Labute approximate surface area is 140 Å². The smallest absolute Gasteiger partial charge is 0.356 e. The lowest BCUT2D eigenvalue weighted by atomic mass is 9.96. The number of nitrogens with zero attached hydrogens (tertiary/aromatic N) is 1. The Morgan fingerprint density at radius 2 is 1.92 bits per heavy atom. The second-order valence-corrected chi connectivity index (χ2v) is 7.61. The molecule has 0 aliphatic heterocycles. The van der Waals surface area contributed by atoms with E-state index in [-0.39, 0.29) is 16.0 Å². The van der Waals surface area contributed by atoms with Crippen LogP contribution in [0, 0.1) is 0 Å². The van der Waals surface area contributed by atoms with Gasteiger partial charge in [-0.05, 0) is 30.5 Å². The molecule has 1 aliphatic rings. The van der Waals surface area contributed by atoms with Crippen molar-refractivity contribution >= 4 is 16.0 Å². The monoisotopic (exact) mass is 346 g/mol. The molecule has 0 saturated heterocycles. The largest absolute Gasteiger partial charge is 0.464 e. The van der Waals surface area contributed by atoms with Crippen LogP contribution in [0.25, 0.3) is 0 Å². The Hall–Kier alpha value is -2.25. The summed E-state index contributed by atoms with van der Waals surface area (Å²) in [6.45, 7) is 0.345. The van der Waals surface area contributed by atoms with Crippen molar-refractivity contribution < 1.29 is 17.9 Å². The molecule has 126 valence electrons. The number of ether oxygens (including phenoxy) is 1. The number of aromatic nitrogens is 1. The van der Waals surface area contributed by atoms with Gasteiger partial charge in [0.25, 0.3) is 0 Å². The number of sulfonamides is 1. The molecule has 1 fully saturated rings. The fourth-order valence-corrected chi connectivity index (χ4v) is 3.66. The summed E-state index contributed by atoms with van der Waals surface area (Å²) >= 11 is 0. The summed E-state index contributed by atoms with van der Waals surface area (Å²) < 4.78 is 32.0. The highest BCUT2D eigenvalue weighted by Crippen LogP contribution is 2.47. The fraction of sp³-hybridized carbons (Fsp3) is 0.294. The van der Waals surface area contributed by atoms with E-state index >= 15 is 0 Å². The molecule has 1 saturated carbocycles. The van der Waals surface area contributed by atoms with Gasteiger partial charge < -0.3 is 4.74 Å². The van der Waals surface area contributed by atoms with Gasteiger partial charge in [-0.1, -0.05) is 30.3 Å². The topological polar surface area (TPSA) is 85.4 Å². The molecule has 1 aromatic carbocycles. The number of hydrogen-bond acceptors (Lipinski definition) is 5. The quantitative estimate of drug-likeness (QED) is 0.807. The Bertz CT molecular complexity index is 829. The van der Waals surface area contributed by atoms with E-state index in [9.17, 15) is 13.2 Å². The van der Waals surface area contributed by atoms with Crippen molar-refractivity contribution in [1.82, 2.24) is 9.71 Å². The van der Waals surface area contributed by atoms with Gasteiger partial charge in [0.2, 0.25) is 10.0 Å². The molecule has 3 rings (SSSR count). The zero-order chi connectivity index (χ0) is 17.2. The lowest BCUT2D eigenvalue weighted by molar-refractivity contribution is 0.0594. The van der Waals surface area contributed by atoms with Crippen LogP contribution in [0.15, 0.2) is 53.6 Å². The van der Waals surface area contributed by atoms with E-state index in [4.69, 9.17) is 0 Å². The third kappa shape index (κ3) is 3.32. The van der Waals surface area contributed by atoms with Crippen LogP contribution in [0.1, 0.15) is 28.9 Å². The Kier molecular flexibility index (Phi) is 4.38. The number of methoxy groups -OCH3 is 1. The minimum atomic E-state index is -3.68. The maximum Gasteiger partial charge on any atom is 0.356 e. The number of benzene rings is 1. The van der Waals surface area contributed by atoms with Crippen LogP contribution in [-0.2, 0) is 20.2 Å². The first-order chi connectivity index (χ1) is 11.5. The summed E-state index contributed by atoms with van der Waals surface area (Å²) in [7, 11) is -2.43. The second kappa shape index (κ2) is 6.33. The van der Waals surface area contributed by atoms with Crippen molar-refractivity contribution in [2.24, 2.45) is 0 Å². The summed E-state index contributed by atoms with van der Waals surface area (Å²) in [5, 5.41) is 0. The zero-order valence-electron chi connectivity index (χ0n) is 13.2. The third-order valence-corrected chi connectivity index (χ3v) is 5.67. The lowest BCUT2D eigenvalue weighted by Gasteiger charge is -2.16. The first-order valence-corrected chi connectivity index (χ1v) is 9.05. The van der Waals surface area contributed by atoms with Crippen LogP contribution in [0.3, 0.4) is 0 Å². The number of carbonyl (C=O) groups is 1. The summed E-state index contributed by atoms with van der Waals surface area (Å²) in [5.74, 6) is -0.604. The highest BCUT2D eigenvalue weighted by atomic mass is 32.2. The van der Waals surface area contributed by atoms with Gasteiger partial charge in [-0.2, -0.15) is 0 Å². The van der Waals surface area contributed by atoms with Crippen molar-refractivity contribution in [3.63, 3.8) is 0 Å². The van der Waals surface area contributed by atoms with Crippen LogP contribution >= 0.6 is 0 Å². The molecule has 24 heavy (non-hydrogen) atoms. The van der Waals surface area contributed by atoms with Crippen molar-refractivity contribution in [3.8, 4) is 0 Å². The van der Waals surface area contributed by atoms with E-state index in [0.717, 1.165) is 24.6 Å². The lowest BCUT2D eigenvalue weighted by Crippen LogP contribution is -2.32. The molecule has 1 aliphatic carbocycles. The van der Waals surface area contributed by atoms with Crippen LogP contribution < -0.4 is 4.72 Å². The van der Waals surface area contributed by atoms with Crippen LogP contribution in [-0.4, -0.2) is 33.0 Å². The van der Waals surface area contributed by atoms with Gasteiger partial charge in [0.1, 0.15) is 10.6 Å². The third-order valence-electron chi connectivity index (χ3n) is 4.28. The highest BCUT2D eigenvalue weighted by Gasteiger charge is 2.44. The SMILES string of the molecule is COC(=O)c1ccc(S(=O)(=O)NCC2(c3ccccc3)CC2)cn1. The van der Waals surface area contributed by atoms with Crippen LogP contribution in [0.5, 0.6) is 0 Å². The van der Waals surface area contributed by atoms with E-state index in [0.29, 0.717) is 6.54 Å². The van der Waals surface area contributed by atoms with Crippen molar-refractivity contribution in [1.29, 1.82) is 0 Å². The molecule has 6 nitrogen and oxygen atoms in total. The van der Waals surface area contributed by atoms with Crippen molar-refractivity contribution in [2.75, 3.05) is 13.7 Å². The normalized spacial score (nSPS) is 15.7. The number of carbonyl (C=O) groups excluding carboxylic acids is 1. The molecule has 2 aromatic rings. The average molecular weight is 346 g/mol. The van der Waals surface area contributed by atoms with Crippen molar-refractivity contribution in [3.05, 3.63) is 59.9 Å². The summed E-state index contributed by atoms with van der Waals surface area (Å²) in [5.41, 5.74) is 1.10. The number of nitrogens with one attached hydrogen (secondary N) is 1. The first-order valence-electron chi connectivity index (χ1n) is 7.56. The molecular formula is C17H18N2O4S. The van der Waals surface area contributed by atoms with E-state index in [1.807, 2.05) is 30.3 Å². The number of pyridine rings is 1. The van der Waals surface area contributed by atoms with Gasteiger partial charge in [0.15, 0.2) is 0 Å². The van der Waals surface area contributed by atoms with Gasteiger partial charge in [-0.25, -0.2) is 22.9 Å². The van der Waals surface area contributed by atoms with Gasteiger partial charge >= 0.3 is 5.97 Å². The molecule has 0 atom stereocenters. The number of rotatable bonds is 6. The van der Waals surface area contributed by atoms with Crippen LogP contribution in [0.4, 0.5) is 0 Å².